The van der Waals surface area contributed by atoms with Crippen LogP contribution in [0.4, 0.5) is 4.39 Å². The molecule has 0 spiro atoms. The third-order valence-electron chi connectivity index (χ3n) is 3.00. The average Bonchev–Trinajstić information content (AvgIpc) is 2.41. The minimum Gasteiger partial charge on any atom is -0.373 e. The van der Waals surface area contributed by atoms with Gasteiger partial charge in [-0.1, -0.05) is 0 Å². The van der Waals surface area contributed by atoms with Gasteiger partial charge >= 0.3 is 0 Å². The van der Waals surface area contributed by atoms with Crippen molar-refractivity contribution in [2.24, 2.45) is 0 Å². The lowest BCUT2D eigenvalue weighted by Gasteiger charge is -2.32. The van der Waals surface area contributed by atoms with Gasteiger partial charge in [0.1, 0.15) is 5.82 Å². The lowest BCUT2D eigenvalue weighted by molar-refractivity contribution is -0.0108. The second-order valence-corrected chi connectivity index (χ2v) is 4.67. The predicted molar refractivity (Wildman–Crippen MR) is 67.5 cm³/mol. The molecular weight excluding hydrogens is 257 g/mol. The third-order valence-corrected chi connectivity index (χ3v) is 3.35. The summed E-state index contributed by atoms with van der Waals surface area (Å²) in [6, 6.07) is 4.40. The summed E-state index contributed by atoms with van der Waals surface area (Å²) in [5, 5.41) is 0. The summed E-state index contributed by atoms with van der Waals surface area (Å²) in [5.74, 6) is -0.0321. The van der Waals surface area contributed by atoms with Crippen LogP contribution in [0.3, 0.4) is 0 Å². The fourth-order valence-corrected chi connectivity index (χ4v) is 2.14. The lowest BCUT2D eigenvalue weighted by atomic mass is 10.1. The molecule has 5 heteroatoms. The van der Waals surface area contributed by atoms with E-state index >= 15 is 0 Å². The van der Waals surface area contributed by atoms with Gasteiger partial charge in [-0.15, -0.1) is 11.6 Å². The minimum absolute atomic E-state index is 0.100. The second-order valence-electron chi connectivity index (χ2n) is 4.36. The molecular formula is C13H15ClFNO2. The quantitative estimate of drug-likeness (QED) is 0.772. The number of aryl methyl sites for hydroxylation is 1. The van der Waals surface area contributed by atoms with E-state index in [0.717, 1.165) is 0 Å². The highest BCUT2D eigenvalue weighted by Gasteiger charge is 2.24. The molecule has 1 heterocycles. The van der Waals surface area contributed by atoms with Crippen molar-refractivity contribution in [2.75, 3.05) is 25.6 Å². The molecule has 0 aromatic heterocycles. The topological polar surface area (TPSA) is 29.5 Å². The fraction of sp³-hybridized carbons (Fsp3) is 0.462. The number of amides is 1. The molecule has 0 N–H and O–H groups in total. The highest BCUT2D eigenvalue weighted by Crippen LogP contribution is 2.14. The number of carbonyl (C=O) groups excluding carboxylic acids is 1. The van der Waals surface area contributed by atoms with E-state index in [0.29, 0.717) is 36.7 Å². The fourth-order valence-electron chi connectivity index (χ4n) is 1.96. The Hall–Kier alpha value is -1.13. The number of ether oxygens (including phenoxy) is 1. The van der Waals surface area contributed by atoms with E-state index in [-0.39, 0.29) is 17.8 Å². The second kappa shape index (κ2) is 5.67. The standard InChI is InChI=1S/C13H15ClFNO2/c1-9-6-10(2-3-12(9)15)13(17)16-4-5-18-11(7-14)8-16/h2-3,6,11H,4-5,7-8H2,1H3. The van der Waals surface area contributed by atoms with Crippen LogP contribution in [0.5, 0.6) is 0 Å². The molecule has 1 unspecified atom stereocenters. The van der Waals surface area contributed by atoms with Gasteiger partial charge in [0.25, 0.3) is 5.91 Å². The maximum absolute atomic E-state index is 13.2. The molecule has 1 aliphatic rings. The molecule has 98 valence electrons. The monoisotopic (exact) mass is 271 g/mol. The Balaban J connectivity index is 2.12. The summed E-state index contributed by atoms with van der Waals surface area (Å²) < 4.78 is 18.6. The minimum atomic E-state index is -0.299. The first kappa shape index (κ1) is 13.3. The van der Waals surface area contributed by atoms with Crippen molar-refractivity contribution < 1.29 is 13.9 Å². The van der Waals surface area contributed by atoms with Crippen LogP contribution >= 0.6 is 11.6 Å². The molecule has 0 radical (unpaired) electrons. The molecule has 1 aromatic rings. The van der Waals surface area contributed by atoms with Crippen molar-refractivity contribution in [3.05, 3.63) is 35.1 Å². The smallest absolute Gasteiger partial charge is 0.254 e. The largest absolute Gasteiger partial charge is 0.373 e. The van der Waals surface area contributed by atoms with Gasteiger partial charge in [0.2, 0.25) is 0 Å². The van der Waals surface area contributed by atoms with E-state index in [4.69, 9.17) is 16.3 Å². The molecule has 0 bridgehead atoms. The van der Waals surface area contributed by atoms with Gasteiger partial charge in [-0.05, 0) is 30.7 Å². The number of benzene rings is 1. The predicted octanol–water partition coefficient (Wildman–Crippen LogP) is 2.21. The SMILES string of the molecule is Cc1cc(C(=O)N2CCOC(CCl)C2)ccc1F. The van der Waals surface area contributed by atoms with Gasteiger partial charge in [-0.25, -0.2) is 4.39 Å². The van der Waals surface area contributed by atoms with Crippen LogP contribution < -0.4 is 0 Å². The van der Waals surface area contributed by atoms with Crippen molar-refractivity contribution in [2.45, 2.75) is 13.0 Å². The molecule has 1 aliphatic heterocycles. The zero-order valence-electron chi connectivity index (χ0n) is 10.2. The molecule has 1 aromatic carbocycles. The van der Waals surface area contributed by atoms with Crippen molar-refractivity contribution in [3.8, 4) is 0 Å². The van der Waals surface area contributed by atoms with Crippen molar-refractivity contribution in [1.82, 2.24) is 4.90 Å². The molecule has 0 aliphatic carbocycles. The summed E-state index contributed by atoms with van der Waals surface area (Å²) in [7, 11) is 0. The molecule has 18 heavy (non-hydrogen) atoms. The van der Waals surface area contributed by atoms with Gasteiger partial charge < -0.3 is 9.64 Å². The third kappa shape index (κ3) is 2.82. The number of hydrogen-bond donors (Lipinski definition) is 0. The summed E-state index contributed by atoms with van der Waals surface area (Å²) in [4.78, 5) is 13.9. The van der Waals surface area contributed by atoms with Crippen molar-refractivity contribution in [1.29, 1.82) is 0 Å². The molecule has 1 fully saturated rings. The Morgan fingerprint density at radius 1 is 1.61 bits per heavy atom. The molecule has 1 atom stereocenters. The van der Waals surface area contributed by atoms with Crippen LogP contribution in [-0.2, 0) is 4.74 Å². The first-order valence-corrected chi connectivity index (χ1v) is 6.38. The van der Waals surface area contributed by atoms with E-state index < -0.39 is 0 Å². The van der Waals surface area contributed by atoms with Crippen LogP contribution in [0.25, 0.3) is 0 Å². The van der Waals surface area contributed by atoms with Gasteiger partial charge in [0.05, 0.1) is 18.6 Å². The van der Waals surface area contributed by atoms with Crippen LogP contribution in [0.15, 0.2) is 18.2 Å². The summed E-state index contributed by atoms with van der Waals surface area (Å²) in [6.45, 7) is 3.16. The Morgan fingerprint density at radius 3 is 3.06 bits per heavy atom. The Kier molecular flexibility index (Phi) is 4.19. The number of rotatable bonds is 2. The number of nitrogens with zero attached hydrogens (tertiary/aromatic N) is 1. The van der Waals surface area contributed by atoms with E-state index in [1.165, 1.54) is 12.1 Å². The summed E-state index contributed by atoms with van der Waals surface area (Å²) in [6.07, 6.45) is -0.120. The van der Waals surface area contributed by atoms with Gasteiger partial charge in [0.15, 0.2) is 0 Å². The normalized spacial score (nSPS) is 19.9. The molecule has 1 amide bonds. The van der Waals surface area contributed by atoms with Gasteiger partial charge in [-0.2, -0.15) is 0 Å². The highest BCUT2D eigenvalue weighted by molar-refractivity contribution is 6.18. The number of alkyl halides is 1. The maximum atomic E-state index is 13.2. The Bertz CT molecular complexity index is 453. The Morgan fingerprint density at radius 2 is 2.39 bits per heavy atom. The first-order chi connectivity index (χ1) is 8.61. The highest BCUT2D eigenvalue weighted by atomic mass is 35.5. The van der Waals surface area contributed by atoms with Crippen molar-refractivity contribution in [3.63, 3.8) is 0 Å². The van der Waals surface area contributed by atoms with E-state index in [2.05, 4.69) is 0 Å². The van der Waals surface area contributed by atoms with E-state index in [9.17, 15) is 9.18 Å². The van der Waals surface area contributed by atoms with Crippen LogP contribution in [-0.4, -0.2) is 42.5 Å². The van der Waals surface area contributed by atoms with E-state index in [1.807, 2.05) is 0 Å². The molecule has 2 rings (SSSR count). The lowest BCUT2D eigenvalue weighted by Crippen LogP contribution is -2.46. The molecule has 1 saturated heterocycles. The number of hydrogen-bond acceptors (Lipinski definition) is 2. The maximum Gasteiger partial charge on any atom is 0.254 e. The zero-order chi connectivity index (χ0) is 13.1. The average molecular weight is 272 g/mol. The first-order valence-electron chi connectivity index (χ1n) is 5.85. The van der Waals surface area contributed by atoms with Gasteiger partial charge in [0, 0.05) is 18.7 Å². The number of morpholine rings is 1. The van der Waals surface area contributed by atoms with Crippen LogP contribution in [0.1, 0.15) is 15.9 Å². The van der Waals surface area contributed by atoms with Crippen LogP contribution in [0, 0.1) is 12.7 Å². The van der Waals surface area contributed by atoms with Gasteiger partial charge in [-0.3, -0.25) is 4.79 Å². The number of halogens is 2. The molecule has 3 nitrogen and oxygen atoms in total. The van der Waals surface area contributed by atoms with Crippen molar-refractivity contribution >= 4 is 17.5 Å². The number of carbonyl (C=O) groups is 1. The molecule has 0 saturated carbocycles. The summed E-state index contributed by atoms with van der Waals surface area (Å²) in [5.41, 5.74) is 0.979. The Labute approximate surface area is 110 Å². The van der Waals surface area contributed by atoms with E-state index in [1.54, 1.807) is 17.9 Å². The van der Waals surface area contributed by atoms with Crippen LogP contribution in [0.2, 0.25) is 0 Å². The summed E-state index contributed by atoms with van der Waals surface area (Å²) >= 11 is 5.73. The zero-order valence-corrected chi connectivity index (χ0v) is 10.9.